The molecular weight excluding hydrogens is 336 g/mol. The van der Waals surface area contributed by atoms with Gasteiger partial charge in [0.1, 0.15) is 38.8 Å². The summed E-state index contributed by atoms with van der Waals surface area (Å²) in [5, 5.41) is 12.1. The molecule has 0 unspecified atom stereocenters. The second kappa shape index (κ2) is 8.81. The number of nitriles is 1. The third kappa shape index (κ3) is 4.94. The van der Waals surface area contributed by atoms with Gasteiger partial charge in [0.2, 0.25) is 0 Å². The number of amides is 1. The van der Waals surface area contributed by atoms with E-state index in [-0.39, 0.29) is 11.9 Å². The first kappa shape index (κ1) is 19.1. The molecule has 3 rings (SSSR count). The Morgan fingerprint density at radius 2 is 1.89 bits per heavy atom. The molecule has 0 aliphatic carbocycles. The fourth-order valence-corrected chi connectivity index (χ4v) is 3.76. The number of hydrogen-bond acceptors (Lipinski definition) is 2. The van der Waals surface area contributed by atoms with Crippen molar-refractivity contribution in [2.45, 2.75) is 26.4 Å². The maximum Gasteiger partial charge on any atom is 0.282 e. The van der Waals surface area contributed by atoms with Crippen LogP contribution >= 0.6 is 0 Å². The third-order valence-corrected chi connectivity index (χ3v) is 5.45. The molecule has 0 spiro atoms. The molecule has 5 nitrogen and oxygen atoms in total. The Morgan fingerprint density at radius 1 is 1.15 bits per heavy atom. The van der Waals surface area contributed by atoms with E-state index >= 15 is 0 Å². The van der Waals surface area contributed by atoms with Gasteiger partial charge in [0, 0.05) is 5.56 Å². The standard InChI is InChI=1S/C22H26N4O/c1-17-6-5-7-19(14-17)16-25-10-12-26(13-11-25)18(2)22(27)24-21-9-4-3-8-20(21)15-23/h3-9,14,18H,10-13,16H2,1-2H3,(H,24,27)/p+2/t18-/m1/s1. The minimum absolute atomic E-state index is 0.0187. The SMILES string of the molecule is Cc1cccc(C[NH+]2CC[NH+]([C@H](C)C(=O)Nc3ccccc3C#N)CC2)c1. The number of nitrogens with zero attached hydrogens (tertiary/aromatic N) is 1. The molecule has 27 heavy (non-hydrogen) atoms. The van der Waals surface area contributed by atoms with Gasteiger partial charge in [-0.25, -0.2) is 0 Å². The summed E-state index contributed by atoms with van der Waals surface area (Å²) in [6.07, 6.45) is 0. The Balaban J connectivity index is 1.52. The molecule has 1 saturated heterocycles. The molecule has 0 aromatic heterocycles. The summed E-state index contributed by atoms with van der Waals surface area (Å²) in [7, 11) is 0. The lowest BCUT2D eigenvalue weighted by Gasteiger charge is -2.32. The molecule has 140 valence electrons. The number of carbonyl (C=O) groups excluding carboxylic acids is 1. The van der Waals surface area contributed by atoms with Crippen LogP contribution in [-0.4, -0.2) is 38.1 Å². The van der Waals surface area contributed by atoms with E-state index in [0.29, 0.717) is 11.3 Å². The van der Waals surface area contributed by atoms with Crippen LogP contribution in [0.4, 0.5) is 5.69 Å². The number of carbonyl (C=O) groups is 1. The van der Waals surface area contributed by atoms with Crippen LogP contribution in [0.1, 0.15) is 23.6 Å². The number of aryl methyl sites for hydroxylation is 1. The fraction of sp³-hybridized carbons (Fsp3) is 0.364. The average Bonchev–Trinajstić information content (AvgIpc) is 2.68. The van der Waals surface area contributed by atoms with E-state index < -0.39 is 0 Å². The minimum Gasteiger partial charge on any atom is -0.322 e. The zero-order chi connectivity index (χ0) is 19.2. The number of nitrogens with one attached hydrogen (secondary N) is 3. The zero-order valence-corrected chi connectivity index (χ0v) is 16.1. The van der Waals surface area contributed by atoms with E-state index in [1.54, 1.807) is 23.1 Å². The summed E-state index contributed by atoms with van der Waals surface area (Å²) in [6, 6.07) is 17.9. The quantitative estimate of drug-likeness (QED) is 0.709. The smallest absolute Gasteiger partial charge is 0.282 e. The van der Waals surface area contributed by atoms with Gasteiger partial charge in [0.25, 0.3) is 5.91 Å². The molecule has 1 heterocycles. The topological polar surface area (TPSA) is 61.8 Å². The third-order valence-electron chi connectivity index (χ3n) is 5.45. The van der Waals surface area contributed by atoms with Crippen LogP contribution in [0.15, 0.2) is 48.5 Å². The Morgan fingerprint density at radius 3 is 2.59 bits per heavy atom. The highest BCUT2D eigenvalue weighted by Gasteiger charge is 2.31. The molecular formula is C22H28N4O+2. The molecule has 2 aromatic rings. The van der Waals surface area contributed by atoms with Gasteiger partial charge in [-0.2, -0.15) is 5.26 Å². The number of benzene rings is 2. The highest BCUT2D eigenvalue weighted by Crippen LogP contribution is 2.13. The van der Waals surface area contributed by atoms with Crippen molar-refractivity contribution in [1.82, 2.24) is 0 Å². The second-order valence-corrected chi connectivity index (χ2v) is 7.44. The van der Waals surface area contributed by atoms with E-state index in [9.17, 15) is 10.1 Å². The summed E-state index contributed by atoms with van der Waals surface area (Å²) >= 11 is 0. The zero-order valence-electron chi connectivity index (χ0n) is 16.1. The second-order valence-electron chi connectivity index (χ2n) is 7.44. The molecule has 1 aliphatic heterocycles. The van der Waals surface area contributed by atoms with Gasteiger partial charge >= 0.3 is 0 Å². The highest BCUT2D eigenvalue weighted by molar-refractivity contribution is 5.94. The lowest BCUT2D eigenvalue weighted by atomic mass is 10.1. The molecule has 1 amide bonds. The first-order valence-corrected chi connectivity index (χ1v) is 9.60. The van der Waals surface area contributed by atoms with Gasteiger partial charge in [0.15, 0.2) is 6.04 Å². The molecule has 3 N–H and O–H groups in total. The lowest BCUT2D eigenvalue weighted by Crippen LogP contribution is -3.29. The van der Waals surface area contributed by atoms with Gasteiger partial charge < -0.3 is 15.1 Å². The van der Waals surface area contributed by atoms with E-state index in [0.717, 1.165) is 32.7 Å². The van der Waals surface area contributed by atoms with Crippen LogP contribution in [0.5, 0.6) is 0 Å². The number of quaternary nitrogens is 2. The average molecular weight is 364 g/mol. The number of piperazine rings is 1. The molecule has 0 saturated carbocycles. The first-order valence-electron chi connectivity index (χ1n) is 9.60. The van der Waals surface area contributed by atoms with Crippen molar-refractivity contribution in [1.29, 1.82) is 5.26 Å². The van der Waals surface area contributed by atoms with Gasteiger partial charge in [-0.15, -0.1) is 0 Å². The van der Waals surface area contributed by atoms with E-state index in [4.69, 9.17) is 0 Å². The normalized spacial score (nSPS) is 20.5. The van der Waals surface area contributed by atoms with Crippen molar-refractivity contribution >= 4 is 11.6 Å². The van der Waals surface area contributed by atoms with Crippen molar-refractivity contribution < 1.29 is 14.6 Å². The van der Waals surface area contributed by atoms with Crippen LogP contribution in [0.3, 0.4) is 0 Å². The molecule has 0 bridgehead atoms. The molecule has 1 atom stereocenters. The minimum atomic E-state index is -0.128. The fourth-order valence-electron chi connectivity index (χ4n) is 3.76. The summed E-state index contributed by atoms with van der Waals surface area (Å²) < 4.78 is 0. The van der Waals surface area contributed by atoms with Crippen LogP contribution in [0.25, 0.3) is 0 Å². The molecule has 1 fully saturated rings. The summed E-state index contributed by atoms with van der Waals surface area (Å²) in [6.45, 7) is 9.25. The Hall–Kier alpha value is -2.68. The van der Waals surface area contributed by atoms with Crippen molar-refractivity contribution in [2.75, 3.05) is 31.5 Å². The molecule has 0 radical (unpaired) electrons. The maximum atomic E-state index is 12.6. The van der Waals surface area contributed by atoms with Crippen LogP contribution in [-0.2, 0) is 11.3 Å². The van der Waals surface area contributed by atoms with Gasteiger partial charge in [-0.3, -0.25) is 4.79 Å². The van der Waals surface area contributed by atoms with E-state index in [2.05, 4.69) is 42.6 Å². The van der Waals surface area contributed by atoms with Gasteiger partial charge in [0.05, 0.1) is 11.3 Å². The Bertz CT molecular complexity index is 834. The van der Waals surface area contributed by atoms with Gasteiger partial charge in [-0.05, 0) is 26.0 Å². The molecule has 5 heteroatoms. The summed E-state index contributed by atoms with van der Waals surface area (Å²) in [4.78, 5) is 15.5. The molecule has 2 aromatic carbocycles. The van der Waals surface area contributed by atoms with E-state index in [1.165, 1.54) is 16.0 Å². The lowest BCUT2D eigenvalue weighted by molar-refractivity contribution is -1.02. The number of para-hydroxylation sites is 1. The van der Waals surface area contributed by atoms with E-state index in [1.807, 2.05) is 13.0 Å². The summed E-state index contributed by atoms with van der Waals surface area (Å²) in [5.41, 5.74) is 3.78. The van der Waals surface area contributed by atoms with Gasteiger partial charge in [-0.1, -0.05) is 42.0 Å². The maximum absolute atomic E-state index is 12.6. The predicted molar refractivity (Wildman–Crippen MR) is 106 cm³/mol. The van der Waals surface area contributed by atoms with Crippen molar-refractivity contribution in [3.05, 3.63) is 65.2 Å². The monoisotopic (exact) mass is 364 g/mol. The first-order chi connectivity index (χ1) is 13.1. The Labute approximate surface area is 161 Å². The van der Waals surface area contributed by atoms with Crippen molar-refractivity contribution in [3.8, 4) is 6.07 Å². The number of rotatable bonds is 5. The van der Waals surface area contributed by atoms with Crippen LogP contribution in [0, 0.1) is 18.3 Å². The van der Waals surface area contributed by atoms with Crippen LogP contribution < -0.4 is 15.1 Å². The van der Waals surface area contributed by atoms with Crippen molar-refractivity contribution in [3.63, 3.8) is 0 Å². The summed E-state index contributed by atoms with van der Waals surface area (Å²) in [5.74, 6) is -0.0187. The van der Waals surface area contributed by atoms with Crippen molar-refractivity contribution in [2.24, 2.45) is 0 Å². The predicted octanol–water partition coefficient (Wildman–Crippen LogP) is 0.177. The molecule has 1 aliphatic rings. The largest absolute Gasteiger partial charge is 0.322 e. The van der Waals surface area contributed by atoms with Crippen LogP contribution in [0.2, 0.25) is 0 Å². The number of hydrogen-bond donors (Lipinski definition) is 3. The highest BCUT2D eigenvalue weighted by atomic mass is 16.2. The number of anilines is 1. The Kier molecular flexibility index (Phi) is 6.23.